The maximum absolute atomic E-state index is 10.9. The lowest BCUT2D eigenvalue weighted by molar-refractivity contribution is -0.118. The number of carbonyl (C=O) groups is 1. The molecule has 0 fully saturated rings. The van der Waals surface area contributed by atoms with Crippen LogP contribution in [0, 0.1) is 0 Å². The second kappa shape index (κ2) is 6.76. The molecule has 0 spiro atoms. The molecule has 6 heteroatoms. The standard InChI is InChI=1S/C8H15NO.H3O3P/c1-6(2)7(10)9-8(3,4)5;1-4(2)3/h1H2,2-5H3,(H,9,10);4H,(H2,1,2,3). The van der Waals surface area contributed by atoms with Gasteiger partial charge in [0.15, 0.2) is 0 Å². The lowest BCUT2D eigenvalue weighted by Gasteiger charge is -2.20. The Morgan fingerprint density at radius 3 is 1.71 bits per heavy atom. The van der Waals surface area contributed by atoms with E-state index >= 15 is 0 Å². The average Bonchev–Trinajstić information content (AvgIpc) is 1.81. The summed E-state index contributed by atoms with van der Waals surface area (Å²) >= 11 is 0. The van der Waals surface area contributed by atoms with Crippen molar-refractivity contribution < 1.29 is 19.1 Å². The van der Waals surface area contributed by atoms with Gasteiger partial charge in [-0.15, -0.1) is 0 Å². The van der Waals surface area contributed by atoms with Crippen LogP contribution in [-0.2, 0) is 9.36 Å². The molecule has 1 amide bonds. The zero-order chi connectivity index (χ0) is 11.9. The van der Waals surface area contributed by atoms with E-state index in [2.05, 4.69) is 11.9 Å². The first kappa shape index (κ1) is 15.8. The third kappa shape index (κ3) is 17.4. The van der Waals surface area contributed by atoms with Crippen LogP contribution in [0.5, 0.6) is 0 Å². The van der Waals surface area contributed by atoms with Crippen molar-refractivity contribution in [2.75, 3.05) is 0 Å². The number of hydrogen-bond acceptors (Lipinski definition) is 2. The highest BCUT2D eigenvalue weighted by Gasteiger charge is 2.12. The zero-order valence-electron chi connectivity index (χ0n) is 8.92. The molecule has 0 heterocycles. The minimum absolute atomic E-state index is 0.0764. The Labute approximate surface area is 84.8 Å². The lowest BCUT2D eigenvalue weighted by atomic mass is 10.1. The molecule has 84 valence electrons. The van der Waals surface area contributed by atoms with E-state index in [9.17, 15) is 4.79 Å². The van der Waals surface area contributed by atoms with Crippen molar-refractivity contribution in [3.05, 3.63) is 12.2 Å². The Hall–Kier alpha value is -0.640. The molecule has 0 aromatic rings. The maximum atomic E-state index is 10.9. The molecule has 0 aliphatic rings. The third-order valence-electron chi connectivity index (χ3n) is 0.876. The molecule has 0 rings (SSSR count). The highest BCUT2D eigenvalue weighted by Crippen LogP contribution is 2.00. The minimum atomic E-state index is -3.13. The van der Waals surface area contributed by atoms with Crippen LogP contribution in [0.2, 0.25) is 0 Å². The van der Waals surface area contributed by atoms with E-state index < -0.39 is 8.25 Å². The van der Waals surface area contributed by atoms with E-state index in [0.717, 1.165) is 0 Å². The summed E-state index contributed by atoms with van der Waals surface area (Å²) in [6.45, 7) is 11.0. The summed E-state index contributed by atoms with van der Waals surface area (Å²) in [5, 5.41) is 2.78. The second-order valence-corrected chi connectivity index (χ2v) is 4.33. The first-order valence-corrected chi connectivity index (χ1v) is 5.26. The van der Waals surface area contributed by atoms with Crippen molar-refractivity contribution >= 4 is 14.2 Å². The van der Waals surface area contributed by atoms with Crippen LogP contribution >= 0.6 is 8.25 Å². The van der Waals surface area contributed by atoms with Crippen molar-refractivity contribution in [3.8, 4) is 0 Å². The predicted molar refractivity (Wildman–Crippen MR) is 56.1 cm³/mol. The summed E-state index contributed by atoms with van der Waals surface area (Å²) in [4.78, 5) is 25.3. The Morgan fingerprint density at radius 1 is 1.36 bits per heavy atom. The van der Waals surface area contributed by atoms with Gasteiger partial charge < -0.3 is 15.1 Å². The summed E-state index contributed by atoms with van der Waals surface area (Å²) in [5.74, 6) is -0.0764. The van der Waals surface area contributed by atoms with Gasteiger partial charge in [-0.1, -0.05) is 6.58 Å². The number of nitrogens with one attached hydrogen (secondary N) is 1. The monoisotopic (exact) mass is 223 g/mol. The largest absolute Gasteiger partial charge is 0.348 e. The van der Waals surface area contributed by atoms with E-state index in [4.69, 9.17) is 14.4 Å². The summed E-state index contributed by atoms with van der Waals surface area (Å²) in [7, 11) is -3.13. The molecular formula is C8H18NO4P. The Kier molecular flexibility index (Phi) is 7.64. The van der Waals surface area contributed by atoms with Crippen LogP contribution in [0.1, 0.15) is 27.7 Å². The van der Waals surface area contributed by atoms with E-state index in [1.165, 1.54) is 0 Å². The topological polar surface area (TPSA) is 86.6 Å². The second-order valence-electron chi connectivity index (χ2n) is 3.77. The summed E-state index contributed by atoms with van der Waals surface area (Å²) in [6, 6.07) is 0. The van der Waals surface area contributed by atoms with E-state index in [-0.39, 0.29) is 11.4 Å². The molecule has 14 heavy (non-hydrogen) atoms. The van der Waals surface area contributed by atoms with Gasteiger partial charge in [-0.2, -0.15) is 0 Å². The van der Waals surface area contributed by atoms with Crippen LogP contribution in [0.3, 0.4) is 0 Å². The Morgan fingerprint density at radius 2 is 1.64 bits per heavy atom. The fraction of sp³-hybridized carbons (Fsp3) is 0.625. The molecule has 0 saturated heterocycles. The molecule has 0 aromatic heterocycles. The van der Waals surface area contributed by atoms with Crippen molar-refractivity contribution in [3.63, 3.8) is 0 Å². The van der Waals surface area contributed by atoms with Crippen molar-refractivity contribution in [1.82, 2.24) is 5.32 Å². The van der Waals surface area contributed by atoms with Gasteiger partial charge in [0.05, 0.1) is 0 Å². The van der Waals surface area contributed by atoms with Crippen LogP contribution in [-0.4, -0.2) is 21.2 Å². The molecule has 0 unspecified atom stereocenters. The van der Waals surface area contributed by atoms with Gasteiger partial charge in [0.25, 0.3) is 0 Å². The molecular weight excluding hydrogens is 205 g/mol. The summed E-state index contributed by atoms with van der Waals surface area (Å²) in [5.41, 5.74) is 0.394. The number of amides is 1. The fourth-order valence-electron chi connectivity index (χ4n) is 0.447. The van der Waals surface area contributed by atoms with Gasteiger partial charge in [-0.3, -0.25) is 9.36 Å². The zero-order valence-corrected chi connectivity index (χ0v) is 9.92. The third-order valence-corrected chi connectivity index (χ3v) is 0.876. The first-order chi connectivity index (χ1) is 6.06. The maximum Gasteiger partial charge on any atom is 0.314 e. The van der Waals surface area contributed by atoms with Gasteiger partial charge in [0.1, 0.15) is 0 Å². The van der Waals surface area contributed by atoms with E-state index in [1.54, 1.807) is 6.92 Å². The van der Waals surface area contributed by atoms with E-state index in [1.807, 2.05) is 20.8 Å². The normalized spacial score (nSPS) is 10.2. The molecule has 0 aliphatic carbocycles. The van der Waals surface area contributed by atoms with E-state index in [0.29, 0.717) is 5.57 Å². The van der Waals surface area contributed by atoms with Crippen molar-refractivity contribution in [1.29, 1.82) is 0 Å². The smallest absolute Gasteiger partial charge is 0.314 e. The van der Waals surface area contributed by atoms with Crippen molar-refractivity contribution in [2.45, 2.75) is 33.2 Å². The summed E-state index contributed by atoms with van der Waals surface area (Å²) < 4.78 is 8.74. The number of carbonyl (C=O) groups excluding carboxylic acids is 1. The van der Waals surface area contributed by atoms with Crippen LogP contribution in [0.4, 0.5) is 0 Å². The molecule has 3 N–H and O–H groups in total. The van der Waals surface area contributed by atoms with Gasteiger partial charge in [-0.05, 0) is 27.7 Å². The minimum Gasteiger partial charge on any atom is -0.348 e. The predicted octanol–water partition coefficient (Wildman–Crippen LogP) is 0.838. The van der Waals surface area contributed by atoms with Crippen LogP contribution < -0.4 is 5.32 Å². The van der Waals surface area contributed by atoms with Gasteiger partial charge in [0.2, 0.25) is 5.91 Å². The fourth-order valence-corrected chi connectivity index (χ4v) is 0.447. The van der Waals surface area contributed by atoms with Gasteiger partial charge in [-0.25, -0.2) is 0 Å². The molecule has 0 saturated carbocycles. The van der Waals surface area contributed by atoms with Crippen molar-refractivity contribution in [2.24, 2.45) is 0 Å². The van der Waals surface area contributed by atoms with Gasteiger partial charge in [0, 0.05) is 11.1 Å². The molecule has 0 atom stereocenters. The number of rotatable bonds is 1. The average molecular weight is 223 g/mol. The Balaban J connectivity index is 0. The Bertz CT molecular complexity index is 228. The van der Waals surface area contributed by atoms with Crippen LogP contribution in [0.25, 0.3) is 0 Å². The lowest BCUT2D eigenvalue weighted by Crippen LogP contribution is -2.40. The molecule has 0 bridgehead atoms. The SMILES string of the molecule is C=C(C)C(=O)NC(C)(C)C.O=[PH](O)O. The van der Waals surface area contributed by atoms with Crippen LogP contribution in [0.15, 0.2) is 12.2 Å². The number of hydrogen-bond donors (Lipinski definition) is 3. The molecule has 0 aliphatic heterocycles. The highest BCUT2D eigenvalue weighted by atomic mass is 31.1. The molecule has 0 radical (unpaired) electrons. The highest BCUT2D eigenvalue weighted by molar-refractivity contribution is 7.30. The molecule has 5 nitrogen and oxygen atoms in total. The first-order valence-electron chi connectivity index (χ1n) is 3.96. The van der Waals surface area contributed by atoms with Gasteiger partial charge >= 0.3 is 8.25 Å². The molecule has 0 aromatic carbocycles. The quantitative estimate of drug-likeness (QED) is 0.454. The summed E-state index contributed by atoms with van der Waals surface area (Å²) in [6.07, 6.45) is 0.